The smallest absolute Gasteiger partial charge is 0.126 e. The molecule has 0 amide bonds. The second kappa shape index (κ2) is 5.34. The van der Waals surface area contributed by atoms with Crippen molar-refractivity contribution in [3.05, 3.63) is 34.6 Å². The number of benzene rings is 1. The van der Waals surface area contributed by atoms with Crippen LogP contribution in [0.3, 0.4) is 0 Å². The summed E-state index contributed by atoms with van der Waals surface area (Å²) in [6, 6.07) is 4.62. The molecule has 2 N–H and O–H groups in total. The number of aliphatic hydroxyl groups excluding tert-OH is 1. The van der Waals surface area contributed by atoms with Crippen LogP contribution >= 0.6 is 11.6 Å². The van der Waals surface area contributed by atoms with Crippen molar-refractivity contribution in [2.45, 2.75) is 19.3 Å². The van der Waals surface area contributed by atoms with Gasteiger partial charge in [-0.1, -0.05) is 11.6 Å². The van der Waals surface area contributed by atoms with E-state index in [1.807, 2.05) is 0 Å². The van der Waals surface area contributed by atoms with Gasteiger partial charge in [-0.3, -0.25) is 0 Å². The highest BCUT2D eigenvalue weighted by Crippen LogP contribution is 2.44. The van der Waals surface area contributed by atoms with Crippen LogP contribution in [-0.2, 0) is 6.42 Å². The van der Waals surface area contributed by atoms with Crippen molar-refractivity contribution in [2.24, 2.45) is 5.41 Å². The molecule has 0 heterocycles. The number of halogens is 2. The van der Waals surface area contributed by atoms with Crippen LogP contribution in [0, 0.1) is 11.2 Å². The first kappa shape index (κ1) is 12.8. The predicted octanol–water partition coefficient (Wildman–Crippen LogP) is 2.38. The van der Waals surface area contributed by atoms with Gasteiger partial charge < -0.3 is 10.4 Å². The fraction of sp³-hybridized carbons (Fsp3) is 0.538. The third-order valence-electron chi connectivity index (χ3n) is 3.37. The summed E-state index contributed by atoms with van der Waals surface area (Å²) in [5, 5.41) is 13.0. The third kappa shape index (κ3) is 3.41. The van der Waals surface area contributed by atoms with Gasteiger partial charge >= 0.3 is 0 Å². The molecule has 17 heavy (non-hydrogen) atoms. The van der Waals surface area contributed by atoms with Gasteiger partial charge in [0.1, 0.15) is 5.82 Å². The summed E-state index contributed by atoms with van der Waals surface area (Å²) < 4.78 is 13.4. The van der Waals surface area contributed by atoms with Crippen molar-refractivity contribution >= 4 is 11.6 Å². The fourth-order valence-electron chi connectivity index (χ4n) is 1.88. The number of hydrogen-bond donors (Lipinski definition) is 2. The average molecular weight is 258 g/mol. The van der Waals surface area contributed by atoms with Crippen LogP contribution in [0.4, 0.5) is 4.39 Å². The molecule has 1 aromatic carbocycles. The molecule has 94 valence electrons. The second-order valence-corrected chi connectivity index (χ2v) is 5.26. The molecule has 0 saturated heterocycles. The highest BCUT2D eigenvalue weighted by Gasteiger charge is 2.41. The fourth-order valence-corrected chi connectivity index (χ4v) is 2.07. The van der Waals surface area contributed by atoms with Crippen LogP contribution in [0.15, 0.2) is 18.2 Å². The Bertz CT molecular complexity index is 393. The Morgan fingerprint density at radius 1 is 1.41 bits per heavy atom. The minimum Gasteiger partial charge on any atom is -0.396 e. The highest BCUT2D eigenvalue weighted by atomic mass is 35.5. The van der Waals surface area contributed by atoms with Crippen LogP contribution in [-0.4, -0.2) is 24.8 Å². The molecule has 0 bridgehead atoms. The van der Waals surface area contributed by atoms with Crippen molar-refractivity contribution in [3.63, 3.8) is 0 Å². The van der Waals surface area contributed by atoms with Crippen LogP contribution in [0.2, 0.25) is 5.02 Å². The third-order valence-corrected chi connectivity index (χ3v) is 3.61. The Kier molecular flexibility index (Phi) is 4.02. The number of aliphatic hydroxyl groups is 1. The van der Waals surface area contributed by atoms with Gasteiger partial charge in [-0.05, 0) is 49.6 Å². The molecular formula is C13H17ClFNO. The summed E-state index contributed by atoms with van der Waals surface area (Å²) in [4.78, 5) is 0. The van der Waals surface area contributed by atoms with Crippen molar-refractivity contribution in [1.82, 2.24) is 5.32 Å². The van der Waals surface area contributed by atoms with E-state index in [0.717, 1.165) is 19.4 Å². The zero-order chi connectivity index (χ0) is 12.3. The van der Waals surface area contributed by atoms with Gasteiger partial charge in [-0.25, -0.2) is 4.39 Å². The molecule has 1 saturated carbocycles. The van der Waals surface area contributed by atoms with Crippen LogP contribution < -0.4 is 5.32 Å². The molecule has 0 aliphatic heterocycles. The highest BCUT2D eigenvalue weighted by molar-refractivity contribution is 6.30. The molecule has 2 rings (SSSR count). The zero-order valence-corrected chi connectivity index (χ0v) is 10.4. The Morgan fingerprint density at radius 3 is 2.82 bits per heavy atom. The number of rotatable bonds is 6. The Labute approximate surface area is 106 Å². The van der Waals surface area contributed by atoms with Crippen LogP contribution in [0.25, 0.3) is 0 Å². The summed E-state index contributed by atoms with van der Waals surface area (Å²) >= 11 is 5.81. The van der Waals surface area contributed by atoms with E-state index in [-0.39, 0.29) is 17.8 Å². The van der Waals surface area contributed by atoms with Gasteiger partial charge in [0.05, 0.1) is 0 Å². The predicted molar refractivity (Wildman–Crippen MR) is 66.7 cm³/mol. The van der Waals surface area contributed by atoms with E-state index in [9.17, 15) is 4.39 Å². The first-order valence-electron chi connectivity index (χ1n) is 5.91. The molecule has 2 nitrogen and oxygen atoms in total. The van der Waals surface area contributed by atoms with Gasteiger partial charge in [0.15, 0.2) is 0 Å². The molecule has 0 atom stereocenters. The lowest BCUT2D eigenvalue weighted by Crippen LogP contribution is -2.28. The molecule has 1 aliphatic carbocycles. The van der Waals surface area contributed by atoms with Crippen LogP contribution in [0.5, 0.6) is 0 Å². The first-order valence-corrected chi connectivity index (χ1v) is 6.29. The number of hydrogen-bond acceptors (Lipinski definition) is 2. The minimum absolute atomic E-state index is 0.104. The summed E-state index contributed by atoms with van der Waals surface area (Å²) in [5.41, 5.74) is 0.742. The number of nitrogens with one attached hydrogen (secondary N) is 1. The SMILES string of the molecule is OCC1(CNCCc2cc(Cl)ccc2F)CC1. The van der Waals surface area contributed by atoms with Gasteiger partial charge in [0.25, 0.3) is 0 Å². The monoisotopic (exact) mass is 257 g/mol. The van der Waals surface area contributed by atoms with Crippen molar-refractivity contribution in [1.29, 1.82) is 0 Å². The Hall–Kier alpha value is -0.640. The molecular weight excluding hydrogens is 241 g/mol. The molecule has 1 fully saturated rings. The maximum Gasteiger partial charge on any atom is 0.126 e. The van der Waals surface area contributed by atoms with E-state index >= 15 is 0 Å². The van der Waals surface area contributed by atoms with Crippen LogP contribution in [0.1, 0.15) is 18.4 Å². The largest absolute Gasteiger partial charge is 0.396 e. The van der Waals surface area contributed by atoms with E-state index in [2.05, 4.69) is 5.32 Å². The molecule has 0 unspecified atom stereocenters. The van der Waals surface area contributed by atoms with Crippen molar-refractivity contribution in [2.75, 3.05) is 19.7 Å². The summed E-state index contributed by atoms with van der Waals surface area (Å²) in [6.07, 6.45) is 2.79. The lowest BCUT2D eigenvalue weighted by atomic mass is 10.1. The van der Waals surface area contributed by atoms with Crippen molar-refractivity contribution < 1.29 is 9.50 Å². The Morgan fingerprint density at radius 2 is 2.18 bits per heavy atom. The normalized spacial score (nSPS) is 17.1. The molecule has 1 aromatic rings. The molecule has 4 heteroatoms. The quantitative estimate of drug-likeness (QED) is 0.767. The maximum atomic E-state index is 13.4. The molecule has 0 radical (unpaired) electrons. The average Bonchev–Trinajstić information content (AvgIpc) is 3.10. The van der Waals surface area contributed by atoms with E-state index in [4.69, 9.17) is 16.7 Å². The van der Waals surface area contributed by atoms with Gasteiger partial charge in [-0.2, -0.15) is 0 Å². The van der Waals surface area contributed by atoms with Crippen molar-refractivity contribution in [3.8, 4) is 0 Å². The summed E-state index contributed by atoms with van der Waals surface area (Å²) in [5.74, 6) is -0.209. The van der Waals surface area contributed by atoms with E-state index in [1.165, 1.54) is 6.07 Å². The second-order valence-electron chi connectivity index (χ2n) is 4.82. The molecule has 0 aromatic heterocycles. The summed E-state index contributed by atoms with van der Waals surface area (Å²) in [6.45, 7) is 1.76. The molecule has 1 aliphatic rings. The van der Waals surface area contributed by atoms with E-state index < -0.39 is 0 Å². The Balaban J connectivity index is 1.76. The minimum atomic E-state index is -0.209. The van der Waals surface area contributed by atoms with E-state index in [1.54, 1.807) is 12.1 Å². The lowest BCUT2D eigenvalue weighted by Gasteiger charge is -2.12. The van der Waals surface area contributed by atoms with Gasteiger partial charge in [0.2, 0.25) is 0 Å². The molecule has 0 spiro atoms. The first-order chi connectivity index (χ1) is 8.15. The topological polar surface area (TPSA) is 32.3 Å². The van der Waals surface area contributed by atoms with E-state index in [0.29, 0.717) is 23.6 Å². The van der Waals surface area contributed by atoms with Gasteiger partial charge in [-0.15, -0.1) is 0 Å². The summed E-state index contributed by atoms with van der Waals surface area (Å²) in [7, 11) is 0. The van der Waals surface area contributed by atoms with Gasteiger partial charge in [0, 0.05) is 23.6 Å². The maximum absolute atomic E-state index is 13.4. The lowest BCUT2D eigenvalue weighted by molar-refractivity contribution is 0.208. The standard InChI is InChI=1S/C13H17ClFNO/c14-11-1-2-12(15)10(7-11)3-6-16-8-13(9-17)4-5-13/h1-2,7,16-17H,3-6,8-9H2. The zero-order valence-electron chi connectivity index (χ0n) is 9.68.